The molecule has 2 heterocycles. The molecule has 0 aromatic carbocycles. The van der Waals surface area contributed by atoms with Crippen molar-refractivity contribution in [3.05, 3.63) is 23.7 Å². The number of carboxylic acids is 1. The second-order valence-corrected chi connectivity index (χ2v) is 10.9. The quantitative estimate of drug-likeness (QED) is 0.343. The van der Waals surface area contributed by atoms with Crippen molar-refractivity contribution in [3.8, 4) is 0 Å². The van der Waals surface area contributed by atoms with E-state index in [0.29, 0.717) is 30.8 Å². The third-order valence-corrected chi connectivity index (χ3v) is 8.32. The number of hydrogen-bond acceptors (Lipinski definition) is 6. The highest BCUT2D eigenvalue weighted by Gasteiger charge is 2.47. The molecule has 0 radical (unpaired) electrons. The third kappa shape index (κ3) is 6.76. The number of carbonyl (C=O) groups excluding carboxylic acids is 3. The molecule has 3 amide bonds. The number of likely N-dealkylation sites (tertiary alicyclic amines) is 1. The van der Waals surface area contributed by atoms with Crippen LogP contribution in [0.15, 0.2) is 16.5 Å². The van der Waals surface area contributed by atoms with Crippen molar-refractivity contribution < 1.29 is 28.7 Å². The molecule has 0 spiro atoms. The molecule has 1 saturated carbocycles. The molecule has 1 aliphatic heterocycles. The van der Waals surface area contributed by atoms with Crippen molar-refractivity contribution >= 4 is 23.7 Å². The molecule has 1 aliphatic carbocycles. The van der Waals surface area contributed by atoms with Crippen molar-refractivity contribution in [2.24, 2.45) is 11.8 Å². The first kappa shape index (κ1) is 29.7. The number of nitrogens with one attached hydrogen (secondary N) is 3. The maximum absolute atomic E-state index is 14.4. The minimum Gasteiger partial charge on any atom is -0.480 e. The SMILES string of the molecule is CCC(C)C(NC(=O)[C@@H]1CC[C@H](c2ccc(C)o2)N1C(=O)[C@@H](NC(=O)[C@H](C)NC)C1CCCCC1)C(=O)O. The molecule has 0 bridgehead atoms. The van der Waals surface area contributed by atoms with Gasteiger partial charge in [-0.3, -0.25) is 14.4 Å². The van der Waals surface area contributed by atoms with Crippen LogP contribution in [0.1, 0.15) is 89.7 Å². The fraction of sp³-hybridized carbons (Fsp3) is 0.714. The zero-order valence-electron chi connectivity index (χ0n) is 23.3. The van der Waals surface area contributed by atoms with Crippen LogP contribution in [0.2, 0.25) is 0 Å². The summed E-state index contributed by atoms with van der Waals surface area (Å²) in [6, 6.07) is -0.0324. The Morgan fingerprint density at radius 2 is 1.74 bits per heavy atom. The van der Waals surface area contributed by atoms with Crippen LogP contribution in [-0.2, 0) is 19.2 Å². The summed E-state index contributed by atoms with van der Waals surface area (Å²) in [6.45, 7) is 7.21. The second-order valence-electron chi connectivity index (χ2n) is 10.9. The average Bonchev–Trinajstić information content (AvgIpc) is 3.55. The Balaban J connectivity index is 1.96. The van der Waals surface area contributed by atoms with Gasteiger partial charge in [0.2, 0.25) is 17.7 Å². The predicted molar refractivity (Wildman–Crippen MR) is 142 cm³/mol. The molecule has 2 fully saturated rings. The van der Waals surface area contributed by atoms with Gasteiger partial charge in [-0.1, -0.05) is 39.5 Å². The number of likely N-dealkylation sites (N-methyl/N-ethyl adjacent to an activating group) is 1. The van der Waals surface area contributed by atoms with Crippen molar-refractivity contribution in [2.45, 2.75) is 109 Å². The van der Waals surface area contributed by atoms with E-state index in [1.165, 1.54) is 0 Å². The van der Waals surface area contributed by atoms with Crippen LogP contribution in [0.5, 0.6) is 0 Å². The van der Waals surface area contributed by atoms with Crippen LogP contribution in [0, 0.1) is 18.8 Å². The van der Waals surface area contributed by atoms with Crippen molar-refractivity contribution in [1.82, 2.24) is 20.9 Å². The molecule has 212 valence electrons. The van der Waals surface area contributed by atoms with Gasteiger partial charge in [-0.2, -0.15) is 0 Å². The Labute approximate surface area is 225 Å². The molecule has 6 atom stereocenters. The maximum Gasteiger partial charge on any atom is 0.326 e. The lowest BCUT2D eigenvalue weighted by Gasteiger charge is -2.37. The first-order valence-corrected chi connectivity index (χ1v) is 14.0. The molecule has 1 aromatic heterocycles. The van der Waals surface area contributed by atoms with E-state index in [1.807, 2.05) is 26.0 Å². The summed E-state index contributed by atoms with van der Waals surface area (Å²) >= 11 is 0. The molecule has 1 saturated heterocycles. The van der Waals surface area contributed by atoms with Crippen LogP contribution in [0.25, 0.3) is 0 Å². The lowest BCUT2D eigenvalue weighted by molar-refractivity contribution is -0.148. The van der Waals surface area contributed by atoms with Gasteiger partial charge in [0.15, 0.2) is 0 Å². The number of hydrogen-bond donors (Lipinski definition) is 4. The van der Waals surface area contributed by atoms with Gasteiger partial charge >= 0.3 is 5.97 Å². The highest BCUT2D eigenvalue weighted by atomic mass is 16.4. The van der Waals surface area contributed by atoms with E-state index in [2.05, 4.69) is 16.0 Å². The van der Waals surface area contributed by atoms with Gasteiger partial charge in [0.1, 0.15) is 29.6 Å². The van der Waals surface area contributed by atoms with Crippen molar-refractivity contribution in [3.63, 3.8) is 0 Å². The average molecular weight is 533 g/mol. The maximum atomic E-state index is 14.4. The first-order chi connectivity index (χ1) is 18.1. The fourth-order valence-electron chi connectivity index (χ4n) is 5.64. The summed E-state index contributed by atoms with van der Waals surface area (Å²) in [6.07, 6.45) is 6.12. The highest BCUT2D eigenvalue weighted by molar-refractivity contribution is 5.95. The Morgan fingerprint density at radius 3 is 2.29 bits per heavy atom. The minimum absolute atomic E-state index is 0.0422. The zero-order valence-corrected chi connectivity index (χ0v) is 23.3. The fourth-order valence-corrected chi connectivity index (χ4v) is 5.64. The third-order valence-electron chi connectivity index (χ3n) is 8.32. The second kappa shape index (κ2) is 13.3. The number of amides is 3. The normalized spacial score (nSPS) is 23.3. The highest BCUT2D eigenvalue weighted by Crippen LogP contribution is 2.39. The van der Waals surface area contributed by atoms with E-state index < -0.39 is 42.1 Å². The van der Waals surface area contributed by atoms with Gasteiger partial charge in [-0.25, -0.2) is 4.79 Å². The topological polar surface area (TPSA) is 141 Å². The Morgan fingerprint density at radius 1 is 1.05 bits per heavy atom. The smallest absolute Gasteiger partial charge is 0.326 e. The summed E-state index contributed by atoms with van der Waals surface area (Å²) < 4.78 is 5.90. The van der Waals surface area contributed by atoms with Crippen LogP contribution in [0.3, 0.4) is 0 Å². The summed E-state index contributed by atoms with van der Waals surface area (Å²) in [5.74, 6) is -1.22. The van der Waals surface area contributed by atoms with E-state index in [-0.39, 0.29) is 23.7 Å². The van der Waals surface area contributed by atoms with Crippen molar-refractivity contribution in [1.29, 1.82) is 0 Å². The van der Waals surface area contributed by atoms with Gasteiger partial charge in [-0.15, -0.1) is 0 Å². The summed E-state index contributed by atoms with van der Waals surface area (Å²) in [5.41, 5.74) is 0. The van der Waals surface area contributed by atoms with Crippen LogP contribution < -0.4 is 16.0 Å². The number of carboxylic acid groups (broad SMARTS) is 1. The Kier molecular flexibility index (Phi) is 10.4. The molecule has 4 N–H and O–H groups in total. The molecule has 38 heavy (non-hydrogen) atoms. The number of rotatable bonds is 11. The summed E-state index contributed by atoms with van der Waals surface area (Å²) in [7, 11) is 1.69. The van der Waals surface area contributed by atoms with Gasteiger partial charge in [-0.05, 0) is 70.5 Å². The molecule has 10 nitrogen and oxygen atoms in total. The van der Waals surface area contributed by atoms with Crippen LogP contribution in [-0.4, -0.2) is 64.9 Å². The lowest BCUT2D eigenvalue weighted by atomic mass is 9.83. The van der Waals surface area contributed by atoms with Crippen molar-refractivity contribution in [2.75, 3.05) is 7.05 Å². The molecule has 10 heteroatoms. The molecular formula is C28H44N4O6. The number of carbonyl (C=O) groups is 4. The van der Waals surface area contributed by atoms with Gasteiger partial charge < -0.3 is 30.4 Å². The molecule has 2 aliphatic rings. The van der Waals surface area contributed by atoms with Crippen LogP contribution in [0.4, 0.5) is 0 Å². The van der Waals surface area contributed by atoms with Gasteiger partial charge in [0, 0.05) is 0 Å². The predicted octanol–water partition coefficient (Wildman–Crippen LogP) is 2.91. The van der Waals surface area contributed by atoms with Gasteiger partial charge in [0.05, 0.1) is 12.1 Å². The molecular weight excluding hydrogens is 488 g/mol. The molecule has 2 unspecified atom stereocenters. The molecule has 1 aromatic rings. The minimum atomic E-state index is -1.10. The number of furan rings is 1. The lowest BCUT2D eigenvalue weighted by Crippen LogP contribution is -2.59. The number of aliphatic carboxylic acids is 1. The standard InChI is InChI=1S/C28H44N4O6/c1-6-16(2)23(28(36)37)30-26(34)21-14-13-20(22-15-12-17(3)38-22)32(21)27(35)24(19-10-8-7-9-11-19)31-25(33)18(4)29-5/h12,15-16,18-21,23-24,29H,6-11,13-14H2,1-5H3,(H,30,34)(H,31,33)(H,36,37)/t16?,18-,20+,21-,23?,24-/m0/s1. The Hall–Kier alpha value is -2.88. The zero-order chi connectivity index (χ0) is 28.0. The van der Waals surface area contributed by atoms with E-state index in [0.717, 1.165) is 32.1 Å². The summed E-state index contributed by atoms with van der Waals surface area (Å²) in [5, 5.41) is 18.4. The van der Waals surface area contributed by atoms with Gasteiger partial charge in [0.25, 0.3) is 0 Å². The first-order valence-electron chi connectivity index (χ1n) is 14.0. The summed E-state index contributed by atoms with van der Waals surface area (Å²) in [4.78, 5) is 54.3. The number of nitrogens with zero attached hydrogens (tertiary/aromatic N) is 1. The molecule has 3 rings (SSSR count). The number of aryl methyl sites for hydroxylation is 1. The van der Waals surface area contributed by atoms with E-state index in [1.54, 1.807) is 25.8 Å². The monoisotopic (exact) mass is 532 g/mol. The van der Waals surface area contributed by atoms with E-state index in [9.17, 15) is 24.3 Å². The van der Waals surface area contributed by atoms with E-state index >= 15 is 0 Å². The Bertz CT molecular complexity index is 988. The largest absolute Gasteiger partial charge is 0.480 e. The van der Waals surface area contributed by atoms with Crippen LogP contribution >= 0.6 is 0 Å². The van der Waals surface area contributed by atoms with E-state index in [4.69, 9.17) is 4.42 Å².